The number of nitrogens with zero attached hydrogens (tertiary/aromatic N) is 4. The van der Waals surface area contributed by atoms with Crippen LogP contribution in [0.4, 0.5) is 5.95 Å². The Balaban J connectivity index is 1.60. The zero-order valence-electron chi connectivity index (χ0n) is 16.6. The molecule has 1 aliphatic carbocycles. The summed E-state index contributed by atoms with van der Waals surface area (Å²) in [6.45, 7) is 0. The van der Waals surface area contributed by atoms with Crippen molar-refractivity contribution in [3.05, 3.63) is 66.1 Å². The first-order valence-electron chi connectivity index (χ1n) is 9.59. The van der Waals surface area contributed by atoms with E-state index < -0.39 is 11.3 Å². The van der Waals surface area contributed by atoms with Crippen molar-refractivity contribution < 1.29 is 9.53 Å². The van der Waals surface area contributed by atoms with Crippen molar-refractivity contribution >= 4 is 17.7 Å². The van der Waals surface area contributed by atoms with Crippen LogP contribution in [-0.2, 0) is 5.41 Å². The number of benzene rings is 1. The van der Waals surface area contributed by atoms with Gasteiger partial charge >= 0.3 is 0 Å². The molecule has 1 aliphatic rings. The van der Waals surface area contributed by atoms with E-state index in [2.05, 4.69) is 19.9 Å². The second-order valence-corrected chi connectivity index (χ2v) is 7.23. The summed E-state index contributed by atoms with van der Waals surface area (Å²) < 4.78 is 5.07. The lowest BCUT2D eigenvalue weighted by molar-refractivity contribution is 0.100. The molecule has 0 spiro atoms. The second kappa shape index (κ2) is 7.90. The molecular formula is C22H22N6O2. The van der Waals surface area contributed by atoms with Gasteiger partial charge in [-0.1, -0.05) is 30.7 Å². The highest BCUT2D eigenvalue weighted by Gasteiger charge is 2.42. The Bertz CT molecular complexity index is 1090. The van der Waals surface area contributed by atoms with Crippen LogP contribution in [-0.4, -0.2) is 33.8 Å². The zero-order chi connectivity index (χ0) is 21.1. The molecule has 2 heterocycles. The van der Waals surface area contributed by atoms with Gasteiger partial charge in [-0.3, -0.25) is 4.79 Å². The van der Waals surface area contributed by atoms with Gasteiger partial charge in [-0.05, 0) is 30.0 Å². The van der Waals surface area contributed by atoms with Crippen LogP contribution in [0.25, 0.3) is 11.1 Å². The molecule has 0 aliphatic heterocycles. The maximum absolute atomic E-state index is 12.6. The minimum absolute atomic E-state index is 0.240. The maximum Gasteiger partial charge on any atom is 0.278 e. The number of rotatable bonds is 5. The van der Waals surface area contributed by atoms with Crippen molar-refractivity contribution in [1.82, 2.24) is 15.0 Å². The van der Waals surface area contributed by atoms with E-state index in [9.17, 15) is 4.79 Å². The van der Waals surface area contributed by atoms with Crippen LogP contribution in [0.3, 0.4) is 0 Å². The number of aromatic nitrogens is 3. The van der Waals surface area contributed by atoms with Crippen molar-refractivity contribution in [2.24, 2.45) is 10.7 Å². The van der Waals surface area contributed by atoms with Gasteiger partial charge in [0.15, 0.2) is 0 Å². The van der Waals surface area contributed by atoms with Gasteiger partial charge in [-0.15, -0.1) is 0 Å². The number of carbonyl (C=O) groups excluding carboxylic acids is 1. The summed E-state index contributed by atoms with van der Waals surface area (Å²) in [4.78, 5) is 28.9. The average molecular weight is 402 g/mol. The first-order chi connectivity index (χ1) is 14.5. The van der Waals surface area contributed by atoms with Crippen LogP contribution in [0.5, 0.6) is 5.88 Å². The van der Waals surface area contributed by atoms with E-state index in [0.717, 1.165) is 36.0 Å². The fourth-order valence-electron chi connectivity index (χ4n) is 3.63. The number of hydrogen-bond acceptors (Lipinski definition) is 6. The molecule has 8 nitrogen and oxygen atoms in total. The van der Waals surface area contributed by atoms with Crippen LogP contribution >= 0.6 is 0 Å². The minimum atomic E-state index is -0.428. The van der Waals surface area contributed by atoms with Gasteiger partial charge in [-0.2, -0.15) is 4.99 Å². The summed E-state index contributed by atoms with van der Waals surface area (Å²) in [5, 5.41) is 0. The van der Waals surface area contributed by atoms with Gasteiger partial charge in [0.05, 0.1) is 12.5 Å². The number of ether oxygens (including phenoxy) is 1. The van der Waals surface area contributed by atoms with E-state index in [0.29, 0.717) is 17.3 Å². The van der Waals surface area contributed by atoms with Crippen molar-refractivity contribution in [3.63, 3.8) is 0 Å². The number of anilines is 1. The molecule has 1 aromatic carbocycles. The van der Waals surface area contributed by atoms with Gasteiger partial charge in [-0.25, -0.2) is 15.0 Å². The van der Waals surface area contributed by atoms with E-state index in [1.807, 2.05) is 24.3 Å². The van der Waals surface area contributed by atoms with Gasteiger partial charge in [0, 0.05) is 35.8 Å². The molecule has 8 heteroatoms. The average Bonchev–Trinajstić information content (AvgIpc) is 2.74. The number of pyridine rings is 1. The van der Waals surface area contributed by atoms with Gasteiger partial charge in [0.1, 0.15) is 5.84 Å². The molecule has 30 heavy (non-hydrogen) atoms. The smallest absolute Gasteiger partial charge is 0.278 e. The molecule has 0 unspecified atom stereocenters. The normalized spacial score (nSPS) is 15.3. The molecule has 4 rings (SSSR count). The SMILES string of the molecule is COc1cc(C(=O)N=C(N)C2(c3ccc(-c4cnc(N)nc4)cc3)CCC2)ccn1. The zero-order valence-corrected chi connectivity index (χ0v) is 16.6. The Hall–Kier alpha value is -3.81. The molecular weight excluding hydrogens is 380 g/mol. The standard InChI is InChI=1S/C22H22N6O2/c1-30-18-11-15(7-10-25-18)19(29)28-20(23)22(8-2-9-22)17-5-3-14(4-6-17)16-12-26-21(24)27-13-16/h3-7,10-13H,2,8-9H2,1H3,(H2,23,28,29)(H2,24,26,27). The molecule has 2 aromatic heterocycles. The molecule has 1 fully saturated rings. The van der Waals surface area contributed by atoms with Gasteiger partial charge in [0.2, 0.25) is 11.8 Å². The van der Waals surface area contributed by atoms with Crippen LogP contribution in [0.1, 0.15) is 35.2 Å². The Kier molecular flexibility index (Phi) is 5.14. The lowest BCUT2D eigenvalue weighted by Gasteiger charge is -2.41. The van der Waals surface area contributed by atoms with Crippen LogP contribution in [0, 0.1) is 0 Å². The molecule has 3 aromatic rings. The van der Waals surface area contributed by atoms with E-state index in [1.165, 1.54) is 13.3 Å². The highest BCUT2D eigenvalue weighted by molar-refractivity contribution is 6.06. The summed E-state index contributed by atoms with van der Waals surface area (Å²) in [5.41, 5.74) is 14.8. The molecule has 0 radical (unpaired) electrons. The third kappa shape index (κ3) is 3.59. The quantitative estimate of drug-likeness (QED) is 0.496. The van der Waals surface area contributed by atoms with Crippen molar-refractivity contribution in [1.29, 1.82) is 0 Å². The largest absolute Gasteiger partial charge is 0.481 e. The molecule has 0 saturated heterocycles. The number of methoxy groups -OCH3 is 1. The first-order valence-corrected chi connectivity index (χ1v) is 9.59. The molecule has 1 saturated carbocycles. The van der Waals surface area contributed by atoms with E-state index in [4.69, 9.17) is 16.2 Å². The van der Waals surface area contributed by atoms with E-state index in [-0.39, 0.29) is 5.95 Å². The molecule has 152 valence electrons. The fourth-order valence-corrected chi connectivity index (χ4v) is 3.63. The molecule has 0 atom stereocenters. The fraction of sp³-hybridized carbons (Fsp3) is 0.227. The topological polar surface area (TPSA) is 129 Å². The van der Waals surface area contributed by atoms with E-state index >= 15 is 0 Å². The number of hydrogen-bond donors (Lipinski definition) is 2. The Morgan fingerprint density at radius 3 is 2.37 bits per heavy atom. The third-order valence-electron chi connectivity index (χ3n) is 5.55. The van der Waals surface area contributed by atoms with Crippen molar-refractivity contribution in [2.75, 3.05) is 12.8 Å². The predicted octanol–water partition coefficient (Wildman–Crippen LogP) is 2.75. The summed E-state index contributed by atoms with van der Waals surface area (Å²) >= 11 is 0. The number of carbonyl (C=O) groups is 1. The highest BCUT2D eigenvalue weighted by atomic mass is 16.5. The number of nitrogens with two attached hydrogens (primary N) is 2. The Morgan fingerprint density at radius 2 is 1.77 bits per heavy atom. The van der Waals surface area contributed by atoms with Gasteiger partial charge in [0.25, 0.3) is 5.91 Å². The summed E-state index contributed by atoms with van der Waals surface area (Å²) in [7, 11) is 1.50. The summed E-state index contributed by atoms with van der Waals surface area (Å²) in [5.74, 6) is 0.521. The number of amidine groups is 1. The monoisotopic (exact) mass is 402 g/mol. The lowest BCUT2D eigenvalue weighted by atomic mass is 9.63. The molecule has 0 bridgehead atoms. The predicted molar refractivity (Wildman–Crippen MR) is 114 cm³/mol. The third-order valence-corrected chi connectivity index (χ3v) is 5.55. The second-order valence-electron chi connectivity index (χ2n) is 7.23. The lowest BCUT2D eigenvalue weighted by Crippen LogP contribution is -2.47. The first kappa shape index (κ1) is 19.5. The number of nitrogen functional groups attached to an aromatic ring is 1. The Morgan fingerprint density at radius 1 is 1.07 bits per heavy atom. The van der Waals surface area contributed by atoms with E-state index in [1.54, 1.807) is 24.5 Å². The summed E-state index contributed by atoms with van der Waals surface area (Å²) in [6, 6.07) is 11.2. The highest BCUT2D eigenvalue weighted by Crippen LogP contribution is 2.44. The number of amides is 1. The van der Waals surface area contributed by atoms with Crippen LogP contribution in [0.15, 0.2) is 60.0 Å². The maximum atomic E-state index is 12.6. The molecule has 1 amide bonds. The van der Waals surface area contributed by atoms with Crippen LogP contribution < -0.4 is 16.2 Å². The van der Waals surface area contributed by atoms with Crippen LogP contribution in [0.2, 0.25) is 0 Å². The van der Waals surface area contributed by atoms with Gasteiger partial charge < -0.3 is 16.2 Å². The molecule has 4 N–H and O–H groups in total. The van der Waals surface area contributed by atoms with Crippen molar-refractivity contribution in [3.8, 4) is 17.0 Å². The Labute approximate surface area is 174 Å². The summed E-state index contributed by atoms with van der Waals surface area (Å²) in [6.07, 6.45) is 7.61. The van der Waals surface area contributed by atoms with Crippen molar-refractivity contribution in [2.45, 2.75) is 24.7 Å². The minimum Gasteiger partial charge on any atom is -0.481 e. The number of aliphatic imine (C=N–C) groups is 1.